The molecule has 108 valence electrons. The van der Waals surface area contributed by atoms with Gasteiger partial charge in [-0.15, -0.1) is 0 Å². The van der Waals surface area contributed by atoms with Crippen LogP contribution in [0.3, 0.4) is 0 Å². The highest BCUT2D eigenvalue weighted by Crippen LogP contribution is 2.21. The van der Waals surface area contributed by atoms with Crippen molar-refractivity contribution in [3.8, 4) is 0 Å². The molecule has 3 rings (SSSR count). The summed E-state index contributed by atoms with van der Waals surface area (Å²) in [4.78, 5) is 0. The van der Waals surface area contributed by atoms with Gasteiger partial charge in [0, 0.05) is 6.54 Å². The predicted molar refractivity (Wildman–Crippen MR) is 84.0 cm³/mol. The fourth-order valence-corrected chi connectivity index (χ4v) is 2.46. The van der Waals surface area contributed by atoms with Crippen LogP contribution in [0.5, 0.6) is 0 Å². The maximum Gasteiger partial charge on any atom is 0.120 e. The molecular weight excluding hydrogens is 262 g/mol. The number of furan rings is 1. The molecule has 3 aromatic rings. The summed E-state index contributed by atoms with van der Waals surface area (Å²) in [7, 11) is 0. The smallest absolute Gasteiger partial charge is 0.120 e. The summed E-state index contributed by atoms with van der Waals surface area (Å²) in [6.45, 7) is 2.51. The van der Waals surface area contributed by atoms with Gasteiger partial charge in [-0.2, -0.15) is 0 Å². The third kappa shape index (κ3) is 3.15. The number of nitrogens with one attached hydrogen (secondary N) is 1. The molecule has 0 aliphatic rings. The first-order chi connectivity index (χ1) is 10.2. The minimum absolute atomic E-state index is 0.0788. The molecule has 3 heteroatoms. The summed E-state index contributed by atoms with van der Waals surface area (Å²) in [6, 6.07) is 18.1. The van der Waals surface area contributed by atoms with E-state index in [1.165, 1.54) is 5.39 Å². The van der Waals surface area contributed by atoms with Crippen LogP contribution in [0.15, 0.2) is 65.3 Å². The molecule has 21 heavy (non-hydrogen) atoms. The van der Waals surface area contributed by atoms with E-state index in [1.54, 1.807) is 6.26 Å². The van der Waals surface area contributed by atoms with Gasteiger partial charge in [-0.1, -0.05) is 36.4 Å². The number of benzene rings is 2. The average Bonchev–Trinajstić information content (AvgIpc) is 3.06. The lowest BCUT2D eigenvalue weighted by Crippen LogP contribution is -2.24. The second-order valence-corrected chi connectivity index (χ2v) is 5.27. The molecule has 0 fully saturated rings. The lowest BCUT2D eigenvalue weighted by atomic mass is 10.0. The SMILES string of the molecule is C[C@@H](NCC(O)c1ccc2ccccc2c1)c1ccco1. The third-order valence-corrected chi connectivity index (χ3v) is 3.75. The number of hydrogen-bond acceptors (Lipinski definition) is 3. The summed E-state index contributed by atoms with van der Waals surface area (Å²) >= 11 is 0. The standard InChI is InChI=1S/C18H19NO2/c1-13(18-7-4-10-21-18)19-12-17(20)16-9-8-14-5-2-3-6-15(14)11-16/h2-11,13,17,19-20H,12H2,1H3/t13-,17?/m1/s1. The normalized spacial score (nSPS) is 14.2. The first-order valence-electron chi connectivity index (χ1n) is 7.17. The minimum Gasteiger partial charge on any atom is -0.468 e. The van der Waals surface area contributed by atoms with Crippen molar-refractivity contribution in [2.24, 2.45) is 0 Å². The van der Waals surface area contributed by atoms with Gasteiger partial charge >= 0.3 is 0 Å². The maximum atomic E-state index is 10.3. The van der Waals surface area contributed by atoms with Gasteiger partial charge < -0.3 is 14.8 Å². The van der Waals surface area contributed by atoms with Crippen LogP contribution in [-0.4, -0.2) is 11.7 Å². The van der Waals surface area contributed by atoms with Crippen LogP contribution >= 0.6 is 0 Å². The van der Waals surface area contributed by atoms with Gasteiger partial charge in [-0.25, -0.2) is 0 Å². The summed E-state index contributed by atoms with van der Waals surface area (Å²) in [6.07, 6.45) is 1.12. The Morgan fingerprint density at radius 2 is 1.86 bits per heavy atom. The van der Waals surface area contributed by atoms with Crippen LogP contribution in [0, 0.1) is 0 Å². The summed E-state index contributed by atoms with van der Waals surface area (Å²) in [5.74, 6) is 0.876. The van der Waals surface area contributed by atoms with Crippen LogP contribution in [0.1, 0.15) is 30.4 Å². The Morgan fingerprint density at radius 3 is 2.62 bits per heavy atom. The molecule has 0 bridgehead atoms. The van der Waals surface area contributed by atoms with E-state index in [0.29, 0.717) is 6.54 Å². The Kier molecular flexibility index (Phi) is 4.04. The molecule has 0 radical (unpaired) electrons. The molecule has 1 aromatic heterocycles. The van der Waals surface area contributed by atoms with E-state index < -0.39 is 6.10 Å². The molecular formula is C18H19NO2. The Balaban J connectivity index is 1.67. The zero-order valence-corrected chi connectivity index (χ0v) is 12.0. The number of hydrogen-bond donors (Lipinski definition) is 2. The van der Waals surface area contributed by atoms with Crippen molar-refractivity contribution >= 4 is 10.8 Å². The molecule has 2 aromatic carbocycles. The molecule has 0 saturated heterocycles. The molecule has 0 saturated carbocycles. The van der Waals surface area contributed by atoms with Crippen LogP contribution in [0.4, 0.5) is 0 Å². The number of aliphatic hydroxyl groups excluding tert-OH is 1. The molecule has 1 unspecified atom stereocenters. The number of rotatable bonds is 5. The number of aliphatic hydroxyl groups is 1. The minimum atomic E-state index is -0.535. The predicted octanol–water partition coefficient (Wildman–Crippen LogP) is 3.82. The van der Waals surface area contributed by atoms with E-state index in [2.05, 4.69) is 17.4 Å². The van der Waals surface area contributed by atoms with Gasteiger partial charge in [-0.05, 0) is 41.5 Å². The van der Waals surface area contributed by atoms with Crippen molar-refractivity contribution in [1.82, 2.24) is 5.32 Å². The van der Waals surface area contributed by atoms with Crippen LogP contribution in [-0.2, 0) is 0 Å². The zero-order chi connectivity index (χ0) is 14.7. The first-order valence-corrected chi connectivity index (χ1v) is 7.17. The molecule has 0 aliphatic heterocycles. The second kappa shape index (κ2) is 6.12. The quantitative estimate of drug-likeness (QED) is 0.747. The molecule has 3 nitrogen and oxygen atoms in total. The molecule has 1 heterocycles. The van der Waals surface area contributed by atoms with Gasteiger partial charge in [0.2, 0.25) is 0 Å². The van der Waals surface area contributed by atoms with Gasteiger partial charge in [0.15, 0.2) is 0 Å². The molecule has 2 atom stereocenters. The highest BCUT2D eigenvalue weighted by Gasteiger charge is 2.12. The number of fused-ring (bicyclic) bond motifs is 1. The monoisotopic (exact) mass is 281 g/mol. The van der Waals surface area contributed by atoms with E-state index >= 15 is 0 Å². The van der Waals surface area contributed by atoms with E-state index in [-0.39, 0.29) is 6.04 Å². The molecule has 0 aliphatic carbocycles. The fraction of sp³-hybridized carbons (Fsp3) is 0.222. The van der Waals surface area contributed by atoms with E-state index in [9.17, 15) is 5.11 Å². The van der Waals surface area contributed by atoms with Crippen molar-refractivity contribution in [3.63, 3.8) is 0 Å². The van der Waals surface area contributed by atoms with Crippen molar-refractivity contribution in [1.29, 1.82) is 0 Å². The average molecular weight is 281 g/mol. The first kappa shape index (κ1) is 13.9. The fourth-order valence-electron chi connectivity index (χ4n) is 2.46. The van der Waals surface area contributed by atoms with Crippen molar-refractivity contribution in [2.45, 2.75) is 19.1 Å². The van der Waals surface area contributed by atoms with Crippen LogP contribution in [0.25, 0.3) is 10.8 Å². The van der Waals surface area contributed by atoms with E-state index in [1.807, 2.05) is 49.4 Å². The van der Waals surface area contributed by atoms with E-state index in [0.717, 1.165) is 16.7 Å². The van der Waals surface area contributed by atoms with Gasteiger partial charge in [0.05, 0.1) is 18.4 Å². The topological polar surface area (TPSA) is 45.4 Å². The van der Waals surface area contributed by atoms with Crippen molar-refractivity contribution in [2.75, 3.05) is 6.54 Å². The Bertz CT molecular complexity index is 706. The lowest BCUT2D eigenvalue weighted by Gasteiger charge is -2.16. The van der Waals surface area contributed by atoms with Crippen LogP contribution in [0.2, 0.25) is 0 Å². The summed E-state index contributed by atoms with van der Waals surface area (Å²) in [5, 5.41) is 16.0. The van der Waals surface area contributed by atoms with Gasteiger partial charge in [0.1, 0.15) is 5.76 Å². The van der Waals surface area contributed by atoms with Gasteiger partial charge in [-0.3, -0.25) is 0 Å². The van der Waals surface area contributed by atoms with Crippen molar-refractivity contribution in [3.05, 3.63) is 72.2 Å². The van der Waals surface area contributed by atoms with Crippen molar-refractivity contribution < 1.29 is 9.52 Å². The Hall–Kier alpha value is -2.10. The molecule has 0 amide bonds. The third-order valence-electron chi connectivity index (χ3n) is 3.75. The van der Waals surface area contributed by atoms with E-state index in [4.69, 9.17) is 4.42 Å². The summed E-state index contributed by atoms with van der Waals surface area (Å²) in [5.41, 5.74) is 0.924. The Morgan fingerprint density at radius 1 is 1.05 bits per heavy atom. The zero-order valence-electron chi connectivity index (χ0n) is 12.0. The summed E-state index contributed by atoms with van der Waals surface area (Å²) < 4.78 is 5.35. The second-order valence-electron chi connectivity index (χ2n) is 5.27. The largest absolute Gasteiger partial charge is 0.468 e. The highest BCUT2D eigenvalue weighted by atomic mass is 16.3. The van der Waals surface area contributed by atoms with Gasteiger partial charge in [0.25, 0.3) is 0 Å². The molecule has 0 spiro atoms. The lowest BCUT2D eigenvalue weighted by molar-refractivity contribution is 0.169. The van der Waals surface area contributed by atoms with Crippen LogP contribution < -0.4 is 5.32 Å². The highest BCUT2D eigenvalue weighted by molar-refractivity contribution is 5.83. The maximum absolute atomic E-state index is 10.3. The Labute approximate surface area is 124 Å². The molecule has 2 N–H and O–H groups in total.